The Bertz CT molecular complexity index is 545. The molecule has 0 saturated carbocycles. The summed E-state index contributed by atoms with van der Waals surface area (Å²) in [6.07, 6.45) is 0. The van der Waals surface area contributed by atoms with Gasteiger partial charge in [0, 0.05) is 15.9 Å². The van der Waals surface area contributed by atoms with E-state index in [1.54, 1.807) is 11.8 Å². The van der Waals surface area contributed by atoms with E-state index in [-0.39, 0.29) is 5.91 Å². The van der Waals surface area contributed by atoms with Crippen molar-refractivity contribution in [1.82, 2.24) is 0 Å². The van der Waals surface area contributed by atoms with Gasteiger partial charge in [0.05, 0.1) is 5.75 Å². The van der Waals surface area contributed by atoms with Crippen LogP contribution in [-0.2, 0) is 10.5 Å². The van der Waals surface area contributed by atoms with E-state index in [0.29, 0.717) is 5.75 Å². The molecule has 0 fully saturated rings. The van der Waals surface area contributed by atoms with Crippen LogP contribution in [0.25, 0.3) is 0 Å². The third-order valence-corrected chi connectivity index (χ3v) is 3.95. The Kier molecular flexibility index (Phi) is 5.48. The molecule has 0 bridgehead atoms. The summed E-state index contributed by atoms with van der Waals surface area (Å²) in [5.74, 6) is 1.33. The number of halogens is 1. The molecule has 2 aromatic rings. The SMILES string of the molecule is O=C(CSCc1cccc(Br)c1)Nc1ccccc1. The molecule has 98 valence electrons. The fourth-order valence-corrected chi connectivity index (χ4v) is 2.83. The Morgan fingerprint density at radius 1 is 1.11 bits per heavy atom. The molecule has 0 radical (unpaired) electrons. The minimum Gasteiger partial charge on any atom is -0.325 e. The predicted molar refractivity (Wildman–Crippen MR) is 85.4 cm³/mol. The van der Waals surface area contributed by atoms with Gasteiger partial charge >= 0.3 is 0 Å². The van der Waals surface area contributed by atoms with Gasteiger partial charge in [-0.05, 0) is 29.8 Å². The topological polar surface area (TPSA) is 29.1 Å². The second-order valence-electron chi connectivity index (χ2n) is 4.04. The van der Waals surface area contributed by atoms with Crippen LogP contribution in [0.2, 0.25) is 0 Å². The van der Waals surface area contributed by atoms with Gasteiger partial charge in [-0.25, -0.2) is 0 Å². The summed E-state index contributed by atoms with van der Waals surface area (Å²) >= 11 is 5.05. The third-order valence-electron chi connectivity index (χ3n) is 2.45. The number of carbonyl (C=O) groups is 1. The molecule has 0 spiro atoms. The maximum absolute atomic E-state index is 11.7. The van der Waals surface area contributed by atoms with Crippen LogP contribution in [0.1, 0.15) is 5.56 Å². The summed E-state index contributed by atoms with van der Waals surface area (Å²) in [5, 5.41) is 2.87. The highest BCUT2D eigenvalue weighted by Gasteiger charge is 2.02. The van der Waals surface area contributed by atoms with Crippen LogP contribution in [-0.4, -0.2) is 11.7 Å². The number of carbonyl (C=O) groups excluding carboxylic acids is 1. The molecule has 0 aliphatic rings. The molecular formula is C15H14BrNOS. The Morgan fingerprint density at radius 3 is 2.63 bits per heavy atom. The standard InChI is InChI=1S/C15H14BrNOS/c16-13-6-4-5-12(9-13)10-19-11-15(18)17-14-7-2-1-3-8-14/h1-9H,10-11H2,(H,17,18). The van der Waals surface area contributed by atoms with Crippen molar-refractivity contribution in [2.24, 2.45) is 0 Å². The van der Waals surface area contributed by atoms with Crippen LogP contribution >= 0.6 is 27.7 Å². The highest BCUT2D eigenvalue weighted by molar-refractivity contribution is 9.10. The quantitative estimate of drug-likeness (QED) is 0.881. The lowest BCUT2D eigenvalue weighted by Crippen LogP contribution is -2.13. The van der Waals surface area contributed by atoms with Gasteiger partial charge in [-0.3, -0.25) is 4.79 Å². The van der Waals surface area contributed by atoms with E-state index in [1.807, 2.05) is 42.5 Å². The maximum atomic E-state index is 11.7. The van der Waals surface area contributed by atoms with Crippen molar-refractivity contribution >= 4 is 39.3 Å². The van der Waals surface area contributed by atoms with Crippen LogP contribution in [0, 0.1) is 0 Å². The van der Waals surface area contributed by atoms with Crippen molar-refractivity contribution in [2.45, 2.75) is 5.75 Å². The van der Waals surface area contributed by atoms with E-state index in [2.05, 4.69) is 33.4 Å². The lowest BCUT2D eigenvalue weighted by molar-refractivity contribution is -0.113. The Balaban J connectivity index is 1.75. The van der Waals surface area contributed by atoms with Crippen LogP contribution < -0.4 is 5.32 Å². The fourth-order valence-electron chi connectivity index (χ4n) is 1.61. The highest BCUT2D eigenvalue weighted by atomic mass is 79.9. The molecule has 0 aliphatic carbocycles. The lowest BCUT2D eigenvalue weighted by atomic mass is 10.2. The average Bonchev–Trinajstić information content (AvgIpc) is 2.40. The van der Waals surface area contributed by atoms with Gasteiger partial charge in [0.15, 0.2) is 0 Å². The lowest BCUT2D eigenvalue weighted by Gasteiger charge is -2.05. The maximum Gasteiger partial charge on any atom is 0.234 e. The van der Waals surface area contributed by atoms with Crippen molar-refractivity contribution < 1.29 is 4.79 Å². The first-order valence-corrected chi connectivity index (χ1v) is 7.86. The van der Waals surface area contributed by atoms with E-state index in [1.165, 1.54) is 5.56 Å². The van der Waals surface area contributed by atoms with Gasteiger partial charge in [0.1, 0.15) is 0 Å². The van der Waals surface area contributed by atoms with E-state index in [4.69, 9.17) is 0 Å². The summed E-state index contributed by atoms with van der Waals surface area (Å²) in [5.41, 5.74) is 2.06. The van der Waals surface area contributed by atoms with Gasteiger partial charge < -0.3 is 5.32 Å². The van der Waals surface area contributed by atoms with E-state index in [0.717, 1.165) is 15.9 Å². The number of para-hydroxylation sites is 1. The average molecular weight is 336 g/mol. The Morgan fingerprint density at radius 2 is 1.89 bits per heavy atom. The Labute approximate surface area is 125 Å². The molecule has 0 saturated heterocycles. The monoisotopic (exact) mass is 335 g/mol. The first-order chi connectivity index (χ1) is 9.24. The van der Waals surface area contributed by atoms with Crippen molar-refractivity contribution in [1.29, 1.82) is 0 Å². The number of hydrogen-bond acceptors (Lipinski definition) is 2. The normalized spacial score (nSPS) is 10.2. The Hall–Kier alpha value is -1.26. The molecule has 0 atom stereocenters. The molecule has 19 heavy (non-hydrogen) atoms. The zero-order valence-corrected chi connectivity index (χ0v) is 12.7. The summed E-state index contributed by atoms with van der Waals surface area (Å²) in [6, 6.07) is 17.6. The van der Waals surface area contributed by atoms with Gasteiger partial charge in [-0.2, -0.15) is 0 Å². The molecule has 4 heteroatoms. The number of thioether (sulfide) groups is 1. The summed E-state index contributed by atoms with van der Waals surface area (Å²) < 4.78 is 1.07. The van der Waals surface area contributed by atoms with E-state index < -0.39 is 0 Å². The summed E-state index contributed by atoms with van der Waals surface area (Å²) in [6.45, 7) is 0. The molecule has 0 heterocycles. The molecule has 1 amide bonds. The van der Waals surface area contributed by atoms with Crippen molar-refractivity contribution in [3.63, 3.8) is 0 Å². The van der Waals surface area contributed by atoms with Crippen LogP contribution in [0.4, 0.5) is 5.69 Å². The first kappa shape index (κ1) is 14.2. The zero-order valence-electron chi connectivity index (χ0n) is 10.3. The predicted octanol–water partition coefficient (Wildman–Crippen LogP) is 4.32. The number of anilines is 1. The fraction of sp³-hybridized carbons (Fsp3) is 0.133. The van der Waals surface area contributed by atoms with Crippen molar-refractivity contribution in [2.75, 3.05) is 11.1 Å². The number of benzene rings is 2. The van der Waals surface area contributed by atoms with Crippen LogP contribution in [0.5, 0.6) is 0 Å². The molecule has 0 aliphatic heterocycles. The van der Waals surface area contributed by atoms with E-state index >= 15 is 0 Å². The van der Waals surface area contributed by atoms with Gasteiger partial charge in [-0.15, -0.1) is 11.8 Å². The molecule has 1 N–H and O–H groups in total. The van der Waals surface area contributed by atoms with Crippen molar-refractivity contribution in [3.05, 3.63) is 64.6 Å². The van der Waals surface area contributed by atoms with E-state index in [9.17, 15) is 4.79 Å². The molecule has 2 rings (SSSR count). The molecule has 2 nitrogen and oxygen atoms in total. The third kappa shape index (κ3) is 5.09. The highest BCUT2D eigenvalue weighted by Crippen LogP contribution is 2.17. The largest absolute Gasteiger partial charge is 0.325 e. The number of rotatable bonds is 5. The number of nitrogens with one attached hydrogen (secondary N) is 1. The number of hydrogen-bond donors (Lipinski definition) is 1. The van der Waals surface area contributed by atoms with Crippen LogP contribution in [0.15, 0.2) is 59.1 Å². The van der Waals surface area contributed by atoms with Crippen molar-refractivity contribution in [3.8, 4) is 0 Å². The summed E-state index contributed by atoms with van der Waals surface area (Å²) in [4.78, 5) is 11.7. The smallest absolute Gasteiger partial charge is 0.234 e. The minimum absolute atomic E-state index is 0.0335. The molecular weight excluding hydrogens is 322 g/mol. The molecule has 0 unspecified atom stereocenters. The second kappa shape index (κ2) is 7.36. The van der Waals surface area contributed by atoms with Gasteiger partial charge in [0.25, 0.3) is 0 Å². The molecule has 2 aromatic carbocycles. The second-order valence-corrected chi connectivity index (χ2v) is 5.94. The van der Waals surface area contributed by atoms with Gasteiger partial charge in [0.2, 0.25) is 5.91 Å². The first-order valence-electron chi connectivity index (χ1n) is 5.91. The molecule has 0 aromatic heterocycles. The number of amides is 1. The minimum atomic E-state index is 0.0335. The van der Waals surface area contributed by atoms with Gasteiger partial charge in [-0.1, -0.05) is 46.3 Å². The van der Waals surface area contributed by atoms with Crippen LogP contribution in [0.3, 0.4) is 0 Å². The zero-order chi connectivity index (χ0) is 13.5. The summed E-state index contributed by atoms with van der Waals surface area (Å²) in [7, 11) is 0.